The van der Waals surface area contributed by atoms with Gasteiger partial charge in [-0.3, -0.25) is 9.69 Å². The molecule has 0 bridgehead atoms. The van der Waals surface area contributed by atoms with Gasteiger partial charge in [-0.15, -0.1) is 0 Å². The molecule has 1 saturated carbocycles. The van der Waals surface area contributed by atoms with Crippen LogP contribution in [0.4, 0.5) is 0 Å². The highest BCUT2D eigenvalue weighted by atomic mass is 16.4. The van der Waals surface area contributed by atoms with Gasteiger partial charge in [0.25, 0.3) is 0 Å². The van der Waals surface area contributed by atoms with Gasteiger partial charge in [-0.05, 0) is 32.4 Å². The van der Waals surface area contributed by atoms with Crippen LogP contribution in [0.3, 0.4) is 0 Å². The molecule has 3 heteroatoms. The summed E-state index contributed by atoms with van der Waals surface area (Å²) in [5, 5.41) is 9.56. The molecule has 3 nitrogen and oxygen atoms in total. The fourth-order valence-electron chi connectivity index (χ4n) is 3.00. The first-order valence-corrected chi connectivity index (χ1v) is 7.11. The number of carbonyl (C=O) groups is 1. The van der Waals surface area contributed by atoms with Gasteiger partial charge in [0.15, 0.2) is 0 Å². The standard InChI is InChI=1S/C16H23NO2/c1-12-8-10-13(11-9-12)15(16(18)19)17(2)14-6-4-3-5-7-14/h8-11,14-15H,3-7H2,1-2H3,(H,18,19). The van der Waals surface area contributed by atoms with E-state index in [-0.39, 0.29) is 0 Å². The monoisotopic (exact) mass is 261 g/mol. The zero-order valence-electron chi connectivity index (χ0n) is 11.8. The van der Waals surface area contributed by atoms with Crippen molar-refractivity contribution in [1.29, 1.82) is 0 Å². The van der Waals surface area contributed by atoms with E-state index in [1.54, 1.807) is 0 Å². The van der Waals surface area contributed by atoms with Gasteiger partial charge < -0.3 is 5.11 Å². The fraction of sp³-hybridized carbons (Fsp3) is 0.562. The molecular weight excluding hydrogens is 238 g/mol. The van der Waals surface area contributed by atoms with E-state index < -0.39 is 12.0 Å². The van der Waals surface area contributed by atoms with E-state index in [4.69, 9.17) is 0 Å². The zero-order valence-corrected chi connectivity index (χ0v) is 11.8. The lowest BCUT2D eigenvalue weighted by atomic mass is 9.92. The Morgan fingerprint density at radius 1 is 1.21 bits per heavy atom. The maximum Gasteiger partial charge on any atom is 0.325 e. The molecule has 0 heterocycles. The Labute approximate surface area is 115 Å². The molecule has 1 aromatic rings. The molecule has 1 fully saturated rings. The highest BCUT2D eigenvalue weighted by Crippen LogP contribution is 2.29. The molecule has 0 saturated heterocycles. The normalized spacial score (nSPS) is 18.5. The molecule has 19 heavy (non-hydrogen) atoms. The van der Waals surface area contributed by atoms with Gasteiger partial charge >= 0.3 is 5.97 Å². The molecule has 0 aromatic heterocycles. The molecule has 1 aliphatic rings. The number of aliphatic carboxylic acids is 1. The minimum Gasteiger partial charge on any atom is -0.480 e. The summed E-state index contributed by atoms with van der Waals surface area (Å²) in [4.78, 5) is 13.7. The average molecular weight is 261 g/mol. The van der Waals surface area contributed by atoms with E-state index in [9.17, 15) is 9.90 Å². The summed E-state index contributed by atoms with van der Waals surface area (Å²) >= 11 is 0. The average Bonchev–Trinajstić information content (AvgIpc) is 2.42. The van der Waals surface area contributed by atoms with Crippen LogP contribution in [-0.4, -0.2) is 29.1 Å². The number of likely N-dealkylation sites (N-methyl/N-ethyl adjacent to an activating group) is 1. The van der Waals surface area contributed by atoms with Crippen LogP contribution >= 0.6 is 0 Å². The summed E-state index contributed by atoms with van der Waals surface area (Å²) in [6.45, 7) is 2.02. The highest BCUT2D eigenvalue weighted by Gasteiger charge is 2.30. The van der Waals surface area contributed by atoms with E-state index in [1.807, 2.05) is 43.1 Å². The number of aryl methyl sites for hydroxylation is 1. The molecular formula is C16H23NO2. The Balaban J connectivity index is 2.19. The zero-order chi connectivity index (χ0) is 13.8. The van der Waals surface area contributed by atoms with E-state index in [0.717, 1.165) is 24.0 Å². The molecule has 1 aromatic carbocycles. The van der Waals surface area contributed by atoms with Crippen molar-refractivity contribution >= 4 is 5.97 Å². The van der Waals surface area contributed by atoms with Crippen LogP contribution in [0.1, 0.15) is 49.3 Å². The Bertz CT molecular complexity index is 421. The smallest absolute Gasteiger partial charge is 0.325 e. The van der Waals surface area contributed by atoms with Gasteiger partial charge in [-0.2, -0.15) is 0 Å². The first kappa shape index (κ1) is 14.1. The molecule has 1 unspecified atom stereocenters. The predicted octanol–water partition coefficient (Wildman–Crippen LogP) is 3.39. The molecule has 104 valence electrons. The highest BCUT2D eigenvalue weighted by molar-refractivity contribution is 5.75. The van der Waals surface area contributed by atoms with Gasteiger partial charge in [0.1, 0.15) is 6.04 Å². The van der Waals surface area contributed by atoms with Crippen molar-refractivity contribution in [2.75, 3.05) is 7.05 Å². The number of carboxylic acid groups (broad SMARTS) is 1. The van der Waals surface area contributed by atoms with Crippen molar-refractivity contribution in [3.8, 4) is 0 Å². The largest absolute Gasteiger partial charge is 0.480 e. The van der Waals surface area contributed by atoms with E-state index >= 15 is 0 Å². The lowest BCUT2D eigenvalue weighted by Crippen LogP contribution is -2.40. The molecule has 1 N–H and O–H groups in total. The van der Waals surface area contributed by atoms with Crippen molar-refractivity contribution in [3.63, 3.8) is 0 Å². The third-order valence-corrected chi connectivity index (χ3v) is 4.18. The molecule has 0 amide bonds. The van der Waals surface area contributed by atoms with Crippen molar-refractivity contribution in [1.82, 2.24) is 4.90 Å². The van der Waals surface area contributed by atoms with Crippen LogP contribution in [0.5, 0.6) is 0 Å². The van der Waals surface area contributed by atoms with Crippen LogP contribution in [0, 0.1) is 6.92 Å². The third-order valence-electron chi connectivity index (χ3n) is 4.18. The van der Waals surface area contributed by atoms with Gasteiger partial charge in [-0.25, -0.2) is 0 Å². The summed E-state index contributed by atoms with van der Waals surface area (Å²) in [7, 11) is 1.95. The predicted molar refractivity (Wildman–Crippen MR) is 76.2 cm³/mol. The summed E-state index contributed by atoms with van der Waals surface area (Å²) in [6, 6.07) is 7.72. The van der Waals surface area contributed by atoms with Crippen molar-refractivity contribution in [2.45, 2.75) is 51.1 Å². The number of hydrogen-bond donors (Lipinski definition) is 1. The molecule has 0 spiro atoms. The Kier molecular flexibility index (Phi) is 4.59. The van der Waals surface area contributed by atoms with E-state index in [2.05, 4.69) is 0 Å². The van der Waals surface area contributed by atoms with Gasteiger partial charge in [0, 0.05) is 6.04 Å². The maximum absolute atomic E-state index is 11.6. The SMILES string of the molecule is Cc1ccc(C(C(=O)O)N(C)C2CCCCC2)cc1. The fourth-order valence-corrected chi connectivity index (χ4v) is 3.00. The lowest BCUT2D eigenvalue weighted by molar-refractivity contribution is -0.144. The van der Waals surface area contributed by atoms with Crippen LogP contribution in [-0.2, 0) is 4.79 Å². The number of nitrogens with zero attached hydrogens (tertiary/aromatic N) is 1. The van der Waals surface area contributed by atoms with Crippen molar-refractivity contribution in [3.05, 3.63) is 35.4 Å². The summed E-state index contributed by atoms with van der Waals surface area (Å²) in [5.74, 6) is -0.753. The first-order valence-electron chi connectivity index (χ1n) is 7.11. The quantitative estimate of drug-likeness (QED) is 0.903. The molecule has 1 atom stereocenters. The molecule has 0 radical (unpaired) electrons. The topological polar surface area (TPSA) is 40.5 Å². The minimum absolute atomic E-state index is 0.399. The first-order chi connectivity index (χ1) is 9.09. The number of rotatable bonds is 4. The Morgan fingerprint density at radius 3 is 2.32 bits per heavy atom. The second-order valence-corrected chi connectivity index (χ2v) is 5.61. The van der Waals surface area contributed by atoms with Gasteiger partial charge in [-0.1, -0.05) is 49.1 Å². The van der Waals surface area contributed by atoms with E-state index in [1.165, 1.54) is 19.3 Å². The minimum atomic E-state index is -0.753. The number of benzene rings is 1. The summed E-state index contributed by atoms with van der Waals surface area (Å²) in [6.07, 6.45) is 5.95. The van der Waals surface area contributed by atoms with Crippen LogP contribution in [0.25, 0.3) is 0 Å². The van der Waals surface area contributed by atoms with Gasteiger partial charge in [0.05, 0.1) is 0 Å². The lowest BCUT2D eigenvalue weighted by Gasteiger charge is -2.35. The number of carboxylic acids is 1. The van der Waals surface area contributed by atoms with Gasteiger partial charge in [0.2, 0.25) is 0 Å². The summed E-state index contributed by atoms with van der Waals surface area (Å²) < 4.78 is 0. The maximum atomic E-state index is 11.6. The Morgan fingerprint density at radius 2 is 1.79 bits per heavy atom. The Hall–Kier alpha value is -1.35. The van der Waals surface area contributed by atoms with Crippen LogP contribution < -0.4 is 0 Å². The molecule has 1 aliphatic carbocycles. The van der Waals surface area contributed by atoms with E-state index in [0.29, 0.717) is 6.04 Å². The number of hydrogen-bond acceptors (Lipinski definition) is 2. The van der Waals surface area contributed by atoms with Crippen molar-refractivity contribution < 1.29 is 9.90 Å². The van der Waals surface area contributed by atoms with Crippen molar-refractivity contribution in [2.24, 2.45) is 0 Å². The summed E-state index contributed by atoms with van der Waals surface area (Å²) in [5.41, 5.74) is 2.04. The second-order valence-electron chi connectivity index (χ2n) is 5.61. The molecule has 2 rings (SSSR count). The van der Waals surface area contributed by atoms with Crippen LogP contribution in [0.15, 0.2) is 24.3 Å². The second kappa shape index (κ2) is 6.20. The van der Waals surface area contributed by atoms with Crippen LogP contribution in [0.2, 0.25) is 0 Å². The third kappa shape index (κ3) is 3.35. The molecule has 0 aliphatic heterocycles.